The van der Waals surface area contributed by atoms with E-state index in [9.17, 15) is 0 Å². The van der Waals surface area contributed by atoms with Crippen LogP contribution in [0.3, 0.4) is 0 Å². The maximum absolute atomic E-state index is 8.66. The summed E-state index contributed by atoms with van der Waals surface area (Å²) in [5.41, 5.74) is 5.26. The topological polar surface area (TPSA) is 35.5 Å². The minimum Gasteiger partial charge on any atom is -0.392 e. The Morgan fingerprint density at radius 1 is 1.19 bits per heavy atom. The molecule has 82 valence electrons. The molecule has 0 aromatic heterocycles. The van der Waals surface area contributed by atoms with Crippen LogP contribution in [0.4, 0.5) is 5.69 Å². The van der Waals surface area contributed by atoms with Gasteiger partial charge in [0.05, 0.1) is 12.3 Å². The molecule has 1 aliphatic heterocycles. The van der Waals surface area contributed by atoms with Crippen molar-refractivity contribution in [2.75, 3.05) is 11.6 Å². The van der Waals surface area contributed by atoms with Gasteiger partial charge in [-0.2, -0.15) is 0 Å². The molecule has 1 heterocycles. The molecule has 0 bridgehead atoms. The number of rotatable bonds is 3. The van der Waals surface area contributed by atoms with Gasteiger partial charge in [0, 0.05) is 12.4 Å². The van der Waals surface area contributed by atoms with Crippen molar-refractivity contribution in [1.82, 2.24) is 5.43 Å². The van der Waals surface area contributed by atoms with Crippen molar-refractivity contribution in [2.45, 2.75) is 0 Å². The molecular weight excluding hydrogens is 200 g/mol. The van der Waals surface area contributed by atoms with Crippen molar-refractivity contribution in [3.8, 4) is 0 Å². The molecule has 1 aliphatic rings. The van der Waals surface area contributed by atoms with Crippen LogP contribution < -0.4 is 10.4 Å². The number of aliphatic hydroxyl groups is 1. The highest BCUT2D eigenvalue weighted by Crippen LogP contribution is 2.15. The minimum atomic E-state index is 0.0724. The molecule has 0 saturated carbocycles. The highest BCUT2D eigenvalue weighted by atomic mass is 16.2. The summed E-state index contributed by atoms with van der Waals surface area (Å²) in [6, 6.07) is 8.06. The van der Waals surface area contributed by atoms with Gasteiger partial charge in [-0.05, 0) is 29.8 Å². The second-order valence-corrected chi connectivity index (χ2v) is 3.38. The van der Waals surface area contributed by atoms with Crippen molar-refractivity contribution < 1.29 is 5.11 Å². The molecule has 3 heteroatoms. The van der Waals surface area contributed by atoms with Crippen LogP contribution in [-0.2, 0) is 0 Å². The third-order valence-electron chi connectivity index (χ3n) is 2.24. The summed E-state index contributed by atoms with van der Waals surface area (Å²) in [7, 11) is 0. The summed E-state index contributed by atoms with van der Waals surface area (Å²) in [5.74, 6) is 0. The Morgan fingerprint density at radius 2 is 2.00 bits per heavy atom. The number of benzene rings is 1. The number of anilines is 1. The lowest BCUT2D eigenvalue weighted by atomic mass is 10.2. The summed E-state index contributed by atoms with van der Waals surface area (Å²) in [4.78, 5) is 0. The quantitative estimate of drug-likeness (QED) is 0.808. The Balaban J connectivity index is 2.10. The minimum absolute atomic E-state index is 0.0724. The summed E-state index contributed by atoms with van der Waals surface area (Å²) in [6.07, 6.45) is 11.4. The predicted octanol–water partition coefficient (Wildman–Crippen LogP) is 2.04. The van der Waals surface area contributed by atoms with Gasteiger partial charge in [-0.25, -0.2) is 0 Å². The van der Waals surface area contributed by atoms with E-state index in [1.165, 1.54) is 0 Å². The van der Waals surface area contributed by atoms with E-state index < -0.39 is 0 Å². The fraction of sp³-hybridized carbons (Fsp3) is 0.0769. The summed E-state index contributed by atoms with van der Waals surface area (Å²) >= 11 is 0. The highest BCUT2D eigenvalue weighted by molar-refractivity contribution is 5.57. The molecule has 0 aliphatic carbocycles. The summed E-state index contributed by atoms with van der Waals surface area (Å²) in [5, 5.41) is 10.6. The first kappa shape index (κ1) is 10.5. The lowest BCUT2D eigenvalue weighted by molar-refractivity contribution is 0.343. The van der Waals surface area contributed by atoms with Gasteiger partial charge in [0.1, 0.15) is 0 Å². The second-order valence-electron chi connectivity index (χ2n) is 3.38. The lowest BCUT2D eigenvalue weighted by Gasteiger charge is -2.22. The average molecular weight is 214 g/mol. The zero-order valence-electron chi connectivity index (χ0n) is 8.88. The Labute approximate surface area is 95.0 Å². The molecular formula is C13H14N2O. The molecule has 0 radical (unpaired) electrons. The molecule has 1 aromatic carbocycles. The van der Waals surface area contributed by atoms with Crippen molar-refractivity contribution in [2.24, 2.45) is 0 Å². The molecule has 3 nitrogen and oxygen atoms in total. The normalized spacial score (nSPS) is 14.4. The van der Waals surface area contributed by atoms with E-state index in [0.717, 1.165) is 11.3 Å². The number of aliphatic hydroxyl groups excluding tert-OH is 1. The number of hydrogen-bond acceptors (Lipinski definition) is 3. The Bertz CT molecular complexity index is 418. The number of hydrogen-bond donors (Lipinski definition) is 2. The largest absolute Gasteiger partial charge is 0.392 e. The predicted molar refractivity (Wildman–Crippen MR) is 66.5 cm³/mol. The first-order chi connectivity index (χ1) is 7.90. The van der Waals surface area contributed by atoms with Crippen LogP contribution in [0.5, 0.6) is 0 Å². The third kappa shape index (κ3) is 2.52. The maximum Gasteiger partial charge on any atom is 0.0623 e. The monoisotopic (exact) mass is 214 g/mol. The standard InChI is InChI=1S/C13H14N2O/c16-11-3-4-12-5-7-13(8-6-12)15-10-2-1-9-14-15/h1-10,14,16H,11H2/b4-3+. The number of nitrogens with zero attached hydrogens (tertiary/aromatic N) is 1. The molecule has 0 amide bonds. The molecule has 1 aromatic rings. The second kappa shape index (κ2) is 5.19. The molecule has 16 heavy (non-hydrogen) atoms. The van der Waals surface area contributed by atoms with E-state index in [1.54, 1.807) is 6.08 Å². The van der Waals surface area contributed by atoms with Gasteiger partial charge in [-0.3, -0.25) is 5.01 Å². The molecule has 2 N–H and O–H groups in total. The van der Waals surface area contributed by atoms with Gasteiger partial charge in [0.15, 0.2) is 0 Å². The maximum atomic E-state index is 8.66. The molecule has 0 saturated heterocycles. The van der Waals surface area contributed by atoms with Crippen LogP contribution >= 0.6 is 0 Å². The Hall–Kier alpha value is -2.00. The third-order valence-corrected chi connectivity index (χ3v) is 2.24. The molecule has 0 atom stereocenters. The molecule has 2 rings (SSSR count). The van der Waals surface area contributed by atoms with Crippen LogP contribution in [0.25, 0.3) is 6.08 Å². The van der Waals surface area contributed by atoms with E-state index in [4.69, 9.17) is 5.11 Å². The number of hydrazine groups is 1. The Kier molecular flexibility index (Phi) is 3.41. The summed E-state index contributed by atoms with van der Waals surface area (Å²) < 4.78 is 0. The fourth-order valence-electron chi connectivity index (χ4n) is 1.45. The van der Waals surface area contributed by atoms with Crippen molar-refractivity contribution in [3.63, 3.8) is 0 Å². The highest BCUT2D eigenvalue weighted by Gasteiger charge is 2.01. The van der Waals surface area contributed by atoms with Crippen molar-refractivity contribution in [1.29, 1.82) is 0 Å². The van der Waals surface area contributed by atoms with E-state index >= 15 is 0 Å². The first-order valence-electron chi connectivity index (χ1n) is 5.16. The Morgan fingerprint density at radius 3 is 2.62 bits per heavy atom. The van der Waals surface area contributed by atoms with Crippen LogP contribution in [0.2, 0.25) is 0 Å². The van der Waals surface area contributed by atoms with E-state index in [1.807, 2.05) is 59.9 Å². The first-order valence-corrected chi connectivity index (χ1v) is 5.16. The molecule has 0 fully saturated rings. The van der Waals surface area contributed by atoms with Crippen molar-refractivity contribution in [3.05, 3.63) is 60.5 Å². The van der Waals surface area contributed by atoms with Crippen LogP contribution in [-0.4, -0.2) is 11.7 Å². The zero-order valence-corrected chi connectivity index (χ0v) is 8.88. The number of allylic oxidation sites excluding steroid dienone is 2. The van der Waals surface area contributed by atoms with Gasteiger partial charge in [0.25, 0.3) is 0 Å². The van der Waals surface area contributed by atoms with Crippen LogP contribution in [0, 0.1) is 0 Å². The molecule has 0 unspecified atom stereocenters. The van der Waals surface area contributed by atoms with Crippen LogP contribution in [0.15, 0.2) is 54.9 Å². The van der Waals surface area contributed by atoms with Gasteiger partial charge >= 0.3 is 0 Å². The zero-order chi connectivity index (χ0) is 11.2. The van der Waals surface area contributed by atoms with E-state index in [0.29, 0.717) is 0 Å². The summed E-state index contributed by atoms with van der Waals surface area (Å²) in [6.45, 7) is 0.0724. The van der Waals surface area contributed by atoms with Gasteiger partial charge < -0.3 is 10.5 Å². The average Bonchev–Trinajstić information content (AvgIpc) is 2.38. The van der Waals surface area contributed by atoms with Crippen LogP contribution in [0.1, 0.15) is 5.56 Å². The molecule has 0 spiro atoms. The van der Waals surface area contributed by atoms with Gasteiger partial charge in [0.2, 0.25) is 0 Å². The lowest BCUT2D eigenvalue weighted by Crippen LogP contribution is -2.29. The van der Waals surface area contributed by atoms with Crippen molar-refractivity contribution >= 4 is 11.8 Å². The van der Waals surface area contributed by atoms with Gasteiger partial charge in [-0.1, -0.05) is 24.3 Å². The van der Waals surface area contributed by atoms with Gasteiger partial charge in [-0.15, -0.1) is 0 Å². The number of nitrogens with one attached hydrogen (secondary N) is 1. The SMILES string of the molecule is OC/C=C/c1ccc(N2C=CC=CN2)cc1. The smallest absolute Gasteiger partial charge is 0.0623 e. The fourth-order valence-corrected chi connectivity index (χ4v) is 1.45. The van der Waals surface area contributed by atoms with E-state index in [-0.39, 0.29) is 6.61 Å². The van der Waals surface area contributed by atoms with E-state index in [2.05, 4.69) is 5.43 Å².